The van der Waals surface area contributed by atoms with Gasteiger partial charge in [-0.05, 0) is 49.4 Å². The third kappa shape index (κ3) is 6.02. The normalized spacial score (nSPS) is 13.7. The summed E-state index contributed by atoms with van der Waals surface area (Å²) in [5, 5.41) is 2.56. The van der Waals surface area contributed by atoms with Crippen LogP contribution < -0.4 is 15.0 Å². The number of nitrogens with zero attached hydrogens (tertiary/aromatic N) is 1. The summed E-state index contributed by atoms with van der Waals surface area (Å²) < 4.78 is 10.4. The first-order chi connectivity index (χ1) is 15.1. The molecule has 0 spiro atoms. The van der Waals surface area contributed by atoms with E-state index in [1.54, 1.807) is 29.2 Å². The fraction of sp³-hybridized carbons (Fsp3) is 0.360. The van der Waals surface area contributed by atoms with Gasteiger partial charge in [0.15, 0.2) is 6.61 Å². The van der Waals surface area contributed by atoms with Crippen molar-refractivity contribution in [2.24, 2.45) is 0 Å². The van der Waals surface area contributed by atoms with E-state index in [0.29, 0.717) is 23.9 Å². The number of para-hydroxylation sites is 1. The lowest BCUT2D eigenvalue weighted by Gasteiger charge is -2.28. The van der Waals surface area contributed by atoms with Crippen LogP contribution in [0.25, 0.3) is 0 Å². The lowest BCUT2D eigenvalue weighted by molar-refractivity contribution is 0.176. The van der Waals surface area contributed by atoms with E-state index >= 15 is 0 Å². The molecule has 2 aromatic rings. The number of benzene rings is 2. The molecule has 0 radical (unpaired) electrons. The molecular formula is C25H28N2O4. The zero-order chi connectivity index (χ0) is 22.1. The molecule has 0 saturated heterocycles. The first-order valence-electron chi connectivity index (χ1n) is 10.7. The Labute approximate surface area is 183 Å². The van der Waals surface area contributed by atoms with Crippen LogP contribution in [0.1, 0.15) is 50.5 Å². The third-order valence-electron chi connectivity index (χ3n) is 5.38. The standard InChI is InChI=1S/C25H28N2O4/c1-3-17-30-24(28)26-20-13-10-14-21(18-20)31-25(29)27(4-2)23-16-9-8-15-22(23)19-11-6-5-7-12-19/h1,8-10,13-16,18-19H,4-7,11-12,17H2,2H3,(H,26,28). The highest BCUT2D eigenvalue weighted by Gasteiger charge is 2.24. The van der Waals surface area contributed by atoms with E-state index in [-0.39, 0.29) is 6.61 Å². The van der Waals surface area contributed by atoms with Crippen LogP contribution in [0.4, 0.5) is 21.0 Å². The molecule has 0 bridgehead atoms. The summed E-state index contributed by atoms with van der Waals surface area (Å²) in [7, 11) is 0. The SMILES string of the molecule is C#CCOC(=O)Nc1cccc(OC(=O)N(CC)c2ccccc2C2CCCCC2)c1. The van der Waals surface area contributed by atoms with Crippen molar-refractivity contribution < 1.29 is 19.1 Å². The van der Waals surface area contributed by atoms with Crippen LogP contribution in [0.15, 0.2) is 48.5 Å². The molecule has 3 rings (SSSR count). The average Bonchev–Trinajstić information content (AvgIpc) is 2.79. The summed E-state index contributed by atoms with van der Waals surface area (Å²) in [4.78, 5) is 26.4. The topological polar surface area (TPSA) is 67.9 Å². The van der Waals surface area contributed by atoms with Gasteiger partial charge in [-0.15, -0.1) is 6.42 Å². The molecule has 1 N–H and O–H groups in total. The van der Waals surface area contributed by atoms with E-state index < -0.39 is 12.2 Å². The zero-order valence-corrected chi connectivity index (χ0v) is 17.8. The smallest absolute Gasteiger partial charge is 0.419 e. The molecule has 1 saturated carbocycles. The van der Waals surface area contributed by atoms with Crippen LogP contribution >= 0.6 is 0 Å². The summed E-state index contributed by atoms with van der Waals surface area (Å²) >= 11 is 0. The van der Waals surface area contributed by atoms with E-state index in [4.69, 9.17) is 15.9 Å². The molecule has 2 aromatic carbocycles. The highest BCUT2D eigenvalue weighted by Crippen LogP contribution is 2.38. The van der Waals surface area contributed by atoms with Crippen molar-refractivity contribution in [3.8, 4) is 18.1 Å². The molecule has 162 valence electrons. The maximum absolute atomic E-state index is 13.0. The number of terminal acetylenes is 1. The molecule has 6 nitrogen and oxygen atoms in total. The van der Waals surface area contributed by atoms with E-state index in [9.17, 15) is 9.59 Å². The lowest BCUT2D eigenvalue weighted by Crippen LogP contribution is -2.34. The number of hydrogen-bond donors (Lipinski definition) is 1. The van der Waals surface area contributed by atoms with Gasteiger partial charge in [-0.3, -0.25) is 10.2 Å². The molecular weight excluding hydrogens is 392 g/mol. The predicted octanol–water partition coefficient (Wildman–Crippen LogP) is 5.94. The minimum atomic E-state index is -0.668. The quantitative estimate of drug-likeness (QED) is 0.587. The Kier molecular flexibility index (Phi) is 7.94. The maximum atomic E-state index is 13.0. The van der Waals surface area contributed by atoms with Crippen LogP contribution in [0.5, 0.6) is 5.75 Å². The third-order valence-corrected chi connectivity index (χ3v) is 5.38. The molecule has 0 heterocycles. The highest BCUT2D eigenvalue weighted by atomic mass is 16.6. The molecule has 0 unspecified atom stereocenters. The zero-order valence-electron chi connectivity index (χ0n) is 17.8. The predicted molar refractivity (Wildman–Crippen MR) is 122 cm³/mol. The van der Waals surface area contributed by atoms with Gasteiger partial charge in [0.2, 0.25) is 0 Å². The summed E-state index contributed by atoms with van der Waals surface area (Å²) in [6.45, 7) is 2.30. The van der Waals surface area contributed by atoms with E-state index in [1.807, 2.05) is 25.1 Å². The van der Waals surface area contributed by atoms with Crippen LogP contribution in [0, 0.1) is 12.3 Å². The number of nitrogens with one attached hydrogen (secondary N) is 1. The summed E-state index contributed by atoms with van der Waals surface area (Å²) in [6, 6.07) is 14.7. The molecule has 0 atom stereocenters. The van der Waals surface area contributed by atoms with Gasteiger partial charge in [0.05, 0.1) is 5.69 Å². The first kappa shape index (κ1) is 22.2. The fourth-order valence-electron chi connectivity index (χ4n) is 3.94. The number of anilines is 2. The number of amides is 2. The number of ether oxygens (including phenoxy) is 2. The second kappa shape index (κ2) is 11.1. The Morgan fingerprint density at radius 2 is 1.90 bits per heavy atom. The van der Waals surface area contributed by atoms with Crippen molar-refractivity contribution in [3.63, 3.8) is 0 Å². The second-order valence-corrected chi connectivity index (χ2v) is 7.44. The largest absolute Gasteiger partial charge is 0.436 e. The van der Waals surface area contributed by atoms with E-state index in [2.05, 4.69) is 17.3 Å². The van der Waals surface area contributed by atoms with Crippen molar-refractivity contribution in [2.45, 2.75) is 44.9 Å². The molecule has 1 aliphatic rings. The van der Waals surface area contributed by atoms with Gasteiger partial charge in [-0.25, -0.2) is 9.59 Å². The number of hydrogen-bond acceptors (Lipinski definition) is 4. The Balaban J connectivity index is 1.73. The monoisotopic (exact) mass is 420 g/mol. The molecule has 2 amide bonds. The van der Waals surface area contributed by atoms with Crippen molar-refractivity contribution >= 4 is 23.6 Å². The summed E-state index contributed by atoms with van der Waals surface area (Å²) in [5.74, 6) is 3.02. The number of rotatable bonds is 6. The highest BCUT2D eigenvalue weighted by molar-refractivity contribution is 5.90. The van der Waals surface area contributed by atoms with Crippen molar-refractivity contribution in [1.29, 1.82) is 0 Å². The van der Waals surface area contributed by atoms with Gasteiger partial charge in [0.25, 0.3) is 0 Å². The molecule has 6 heteroatoms. The second-order valence-electron chi connectivity index (χ2n) is 7.44. The molecule has 31 heavy (non-hydrogen) atoms. The number of carbonyl (C=O) groups is 2. The summed E-state index contributed by atoms with van der Waals surface area (Å²) in [5.41, 5.74) is 2.54. The minimum absolute atomic E-state index is 0.119. The van der Waals surface area contributed by atoms with Crippen molar-refractivity contribution in [1.82, 2.24) is 0 Å². The Hall–Kier alpha value is -3.46. The number of carbonyl (C=O) groups excluding carboxylic acids is 2. The molecule has 0 aromatic heterocycles. The average molecular weight is 421 g/mol. The van der Waals surface area contributed by atoms with Crippen LogP contribution in [0.2, 0.25) is 0 Å². The van der Waals surface area contributed by atoms with Crippen LogP contribution in [-0.4, -0.2) is 25.3 Å². The van der Waals surface area contributed by atoms with Gasteiger partial charge in [-0.1, -0.05) is 49.4 Å². The lowest BCUT2D eigenvalue weighted by atomic mass is 9.83. The van der Waals surface area contributed by atoms with Gasteiger partial charge in [-0.2, -0.15) is 0 Å². The molecule has 1 fully saturated rings. The van der Waals surface area contributed by atoms with Crippen LogP contribution in [-0.2, 0) is 4.74 Å². The molecule has 0 aliphatic heterocycles. The Morgan fingerprint density at radius 3 is 2.65 bits per heavy atom. The Morgan fingerprint density at radius 1 is 1.13 bits per heavy atom. The van der Waals surface area contributed by atoms with E-state index in [1.165, 1.54) is 24.8 Å². The van der Waals surface area contributed by atoms with Crippen molar-refractivity contribution in [3.05, 3.63) is 54.1 Å². The first-order valence-corrected chi connectivity index (χ1v) is 10.7. The minimum Gasteiger partial charge on any atom is -0.436 e. The Bertz CT molecular complexity index is 945. The molecule has 1 aliphatic carbocycles. The van der Waals surface area contributed by atoms with E-state index in [0.717, 1.165) is 18.5 Å². The van der Waals surface area contributed by atoms with Crippen molar-refractivity contribution in [2.75, 3.05) is 23.4 Å². The summed E-state index contributed by atoms with van der Waals surface area (Å²) in [6.07, 6.45) is 9.96. The van der Waals surface area contributed by atoms with Crippen LogP contribution in [0.3, 0.4) is 0 Å². The van der Waals surface area contributed by atoms with Gasteiger partial charge in [0, 0.05) is 18.3 Å². The van der Waals surface area contributed by atoms with Gasteiger partial charge in [0.1, 0.15) is 5.75 Å². The maximum Gasteiger partial charge on any atom is 0.419 e. The van der Waals surface area contributed by atoms with Gasteiger partial charge < -0.3 is 9.47 Å². The van der Waals surface area contributed by atoms with Gasteiger partial charge >= 0.3 is 12.2 Å². The fourth-order valence-corrected chi connectivity index (χ4v) is 3.94.